The molecule has 1 aromatic heterocycles. The summed E-state index contributed by atoms with van der Waals surface area (Å²) in [5.74, 6) is -0.481. The number of rotatable bonds is 4. The number of hydrogen-bond acceptors (Lipinski definition) is 4. The van der Waals surface area contributed by atoms with Gasteiger partial charge in [-0.25, -0.2) is 4.79 Å². The number of nitrogens with one attached hydrogen (secondary N) is 1. The van der Waals surface area contributed by atoms with E-state index in [1.54, 1.807) is 25.1 Å². The molecule has 108 valence electrons. The lowest BCUT2D eigenvalue weighted by Gasteiger charge is -2.10. The molecule has 1 aliphatic carbocycles. The van der Waals surface area contributed by atoms with Crippen molar-refractivity contribution >= 4 is 17.6 Å². The summed E-state index contributed by atoms with van der Waals surface area (Å²) < 4.78 is 5.13. The van der Waals surface area contributed by atoms with Crippen LogP contribution in [-0.2, 0) is 0 Å². The molecule has 0 atom stereocenters. The predicted molar refractivity (Wildman–Crippen MR) is 74.6 cm³/mol. The molecule has 1 aromatic carbocycles. The van der Waals surface area contributed by atoms with Crippen molar-refractivity contribution in [1.82, 2.24) is 5.16 Å². The highest BCUT2D eigenvalue weighted by atomic mass is 16.5. The van der Waals surface area contributed by atoms with Gasteiger partial charge in [0.1, 0.15) is 5.76 Å². The fraction of sp³-hybridized carbons (Fsp3) is 0.267. The van der Waals surface area contributed by atoms with E-state index in [2.05, 4.69) is 10.5 Å². The van der Waals surface area contributed by atoms with Crippen molar-refractivity contribution in [1.29, 1.82) is 0 Å². The largest absolute Gasteiger partial charge is 0.478 e. The smallest absolute Gasteiger partial charge is 0.337 e. The number of aryl methyl sites for hydroxylation is 1. The number of amides is 1. The summed E-state index contributed by atoms with van der Waals surface area (Å²) >= 11 is 0. The Morgan fingerprint density at radius 1 is 1.38 bits per heavy atom. The number of carbonyl (C=O) groups is 2. The van der Waals surface area contributed by atoms with E-state index in [1.165, 1.54) is 6.07 Å². The molecule has 2 N–H and O–H groups in total. The van der Waals surface area contributed by atoms with Gasteiger partial charge in [-0.1, -0.05) is 17.3 Å². The third-order valence-corrected chi connectivity index (χ3v) is 3.48. The van der Waals surface area contributed by atoms with Crippen molar-refractivity contribution in [3.8, 4) is 0 Å². The average Bonchev–Trinajstić information content (AvgIpc) is 3.18. The van der Waals surface area contributed by atoms with Crippen LogP contribution in [0.25, 0.3) is 0 Å². The summed E-state index contributed by atoms with van der Waals surface area (Å²) in [5.41, 5.74) is 1.17. The van der Waals surface area contributed by atoms with Crippen LogP contribution in [0, 0.1) is 6.92 Å². The van der Waals surface area contributed by atoms with Crippen LogP contribution >= 0.6 is 0 Å². The molecular formula is C15H14N2O4. The Morgan fingerprint density at radius 3 is 2.81 bits per heavy atom. The number of carboxylic acid groups (broad SMARTS) is 1. The quantitative estimate of drug-likeness (QED) is 0.901. The maximum Gasteiger partial charge on any atom is 0.337 e. The summed E-state index contributed by atoms with van der Waals surface area (Å²) in [6.07, 6.45) is 2.11. The molecular weight excluding hydrogens is 272 g/mol. The lowest BCUT2D eigenvalue weighted by molar-refractivity contribution is 0.0698. The van der Waals surface area contributed by atoms with E-state index >= 15 is 0 Å². The first-order valence-corrected chi connectivity index (χ1v) is 6.67. The van der Waals surface area contributed by atoms with Gasteiger partial charge < -0.3 is 14.9 Å². The fourth-order valence-corrected chi connectivity index (χ4v) is 2.15. The van der Waals surface area contributed by atoms with Crippen LogP contribution in [0.2, 0.25) is 0 Å². The van der Waals surface area contributed by atoms with Gasteiger partial charge in [0.05, 0.1) is 11.3 Å². The summed E-state index contributed by atoms with van der Waals surface area (Å²) in [4.78, 5) is 23.4. The number of para-hydroxylation sites is 1. The standard InChI is InChI=1S/C15H14N2O4/c1-8-3-2-4-10(15(19)20)13(8)16-14(18)11-7-12(21-17-11)9-5-6-9/h2-4,7,9H,5-6H2,1H3,(H,16,18)(H,19,20). The predicted octanol–water partition coefficient (Wildman–Crippen LogP) is 2.81. The fourth-order valence-electron chi connectivity index (χ4n) is 2.15. The molecule has 0 unspecified atom stereocenters. The first-order valence-electron chi connectivity index (χ1n) is 6.67. The second-order valence-electron chi connectivity index (χ2n) is 5.15. The number of hydrogen-bond donors (Lipinski definition) is 2. The van der Waals surface area contributed by atoms with Crippen LogP contribution in [-0.4, -0.2) is 22.1 Å². The zero-order chi connectivity index (χ0) is 15.0. The molecule has 2 aromatic rings. The van der Waals surface area contributed by atoms with Crippen LogP contribution in [0.4, 0.5) is 5.69 Å². The number of carboxylic acids is 1. The van der Waals surface area contributed by atoms with E-state index in [4.69, 9.17) is 4.52 Å². The minimum Gasteiger partial charge on any atom is -0.478 e. The number of carbonyl (C=O) groups excluding carboxylic acids is 1. The van der Waals surface area contributed by atoms with Gasteiger partial charge in [-0.3, -0.25) is 4.79 Å². The lowest BCUT2D eigenvalue weighted by atomic mass is 10.1. The Morgan fingerprint density at radius 2 is 2.14 bits per heavy atom. The highest BCUT2D eigenvalue weighted by Gasteiger charge is 2.29. The first kappa shape index (κ1) is 13.4. The third-order valence-electron chi connectivity index (χ3n) is 3.48. The Hall–Kier alpha value is -2.63. The number of aromatic nitrogens is 1. The summed E-state index contributed by atoms with van der Waals surface area (Å²) in [5, 5.41) is 15.5. The molecule has 6 heteroatoms. The molecule has 1 fully saturated rings. The van der Waals surface area contributed by atoms with Crippen molar-refractivity contribution < 1.29 is 19.2 Å². The SMILES string of the molecule is Cc1cccc(C(=O)O)c1NC(=O)c1cc(C2CC2)on1. The van der Waals surface area contributed by atoms with E-state index in [9.17, 15) is 14.7 Å². The van der Waals surface area contributed by atoms with Gasteiger partial charge >= 0.3 is 5.97 Å². The molecule has 21 heavy (non-hydrogen) atoms. The lowest BCUT2D eigenvalue weighted by Crippen LogP contribution is -2.16. The first-order chi connectivity index (χ1) is 10.1. The maximum absolute atomic E-state index is 12.2. The molecule has 6 nitrogen and oxygen atoms in total. The molecule has 0 bridgehead atoms. The molecule has 3 rings (SSSR count). The highest BCUT2D eigenvalue weighted by Crippen LogP contribution is 2.40. The zero-order valence-electron chi connectivity index (χ0n) is 11.4. The minimum absolute atomic E-state index is 0.0502. The van der Waals surface area contributed by atoms with Gasteiger partial charge in [-0.15, -0.1) is 0 Å². The Labute approximate surface area is 120 Å². The number of anilines is 1. The molecule has 0 spiro atoms. The Balaban J connectivity index is 1.85. The molecule has 1 amide bonds. The molecule has 0 aliphatic heterocycles. The van der Waals surface area contributed by atoms with E-state index in [-0.39, 0.29) is 16.9 Å². The third kappa shape index (κ3) is 2.65. The van der Waals surface area contributed by atoms with Crippen molar-refractivity contribution in [3.63, 3.8) is 0 Å². The number of nitrogens with zero attached hydrogens (tertiary/aromatic N) is 1. The van der Waals surface area contributed by atoms with Crippen LogP contribution in [0.1, 0.15) is 50.9 Å². The van der Waals surface area contributed by atoms with Gasteiger partial charge in [0.2, 0.25) is 0 Å². The topological polar surface area (TPSA) is 92.4 Å². The van der Waals surface area contributed by atoms with E-state index in [0.717, 1.165) is 12.8 Å². The molecule has 1 heterocycles. The highest BCUT2D eigenvalue weighted by molar-refractivity contribution is 6.07. The van der Waals surface area contributed by atoms with E-state index in [0.29, 0.717) is 17.2 Å². The zero-order valence-corrected chi connectivity index (χ0v) is 11.4. The second kappa shape index (κ2) is 5.05. The normalized spacial score (nSPS) is 14.0. The van der Waals surface area contributed by atoms with Crippen molar-refractivity contribution in [2.24, 2.45) is 0 Å². The summed E-state index contributed by atoms with van der Waals surface area (Å²) in [6, 6.07) is 6.44. The monoisotopic (exact) mass is 286 g/mol. The molecule has 0 radical (unpaired) electrons. The van der Waals surface area contributed by atoms with Crippen LogP contribution < -0.4 is 5.32 Å². The Bertz CT molecular complexity index is 716. The second-order valence-corrected chi connectivity index (χ2v) is 5.15. The van der Waals surface area contributed by atoms with Crippen molar-refractivity contribution in [2.75, 3.05) is 5.32 Å². The molecule has 0 saturated heterocycles. The van der Waals surface area contributed by atoms with Crippen molar-refractivity contribution in [3.05, 3.63) is 46.8 Å². The van der Waals surface area contributed by atoms with E-state index in [1.807, 2.05) is 0 Å². The number of benzene rings is 1. The maximum atomic E-state index is 12.2. The Kier molecular flexibility index (Phi) is 3.21. The molecule has 1 aliphatic rings. The van der Waals surface area contributed by atoms with Crippen molar-refractivity contribution in [2.45, 2.75) is 25.7 Å². The van der Waals surface area contributed by atoms with Gasteiger partial charge in [-0.05, 0) is 31.4 Å². The number of aromatic carboxylic acids is 1. The van der Waals surface area contributed by atoms with Crippen LogP contribution in [0.3, 0.4) is 0 Å². The van der Waals surface area contributed by atoms with Gasteiger partial charge in [-0.2, -0.15) is 0 Å². The average molecular weight is 286 g/mol. The van der Waals surface area contributed by atoms with Gasteiger partial charge in [0, 0.05) is 12.0 Å². The summed E-state index contributed by atoms with van der Waals surface area (Å²) in [7, 11) is 0. The van der Waals surface area contributed by atoms with E-state index < -0.39 is 11.9 Å². The van der Waals surface area contributed by atoms with Gasteiger partial charge in [0.25, 0.3) is 5.91 Å². The van der Waals surface area contributed by atoms with Gasteiger partial charge in [0.15, 0.2) is 5.69 Å². The van der Waals surface area contributed by atoms with Crippen LogP contribution in [0.15, 0.2) is 28.8 Å². The summed E-state index contributed by atoms with van der Waals surface area (Å²) in [6.45, 7) is 1.74. The van der Waals surface area contributed by atoms with Crippen LogP contribution in [0.5, 0.6) is 0 Å². The molecule has 1 saturated carbocycles. The minimum atomic E-state index is -1.09.